The standard InChI is InChI=1S/C19H20N2O4/c1-21(12-15-7-8-16-17(9-15)25-13-24-16)19(23)11-20-18(22)10-14-5-3-2-4-6-14/h2-9H,10-13H2,1H3,(H,20,22). The lowest BCUT2D eigenvalue weighted by Gasteiger charge is -2.18. The van der Waals surface area contributed by atoms with Gasteiger partial charge in [0.15, 0.2) is 11.5 Å². The monoisotopic (exact) mass is 340 g/mol. The van der Waals surface area contributed by atoms with Gasteiger partial charge in [0.1, 0.15) is 0 Å². The van der Waals surface area contributed by atoms with Crippen molar-refractivity contribution in [3.63, 3.8) is 0 Å². The molecule has 2 aromatic carbocycles. The van der Waals surface area contributed by atoms with Crippen LogP contribution in [0.3, 0.4) is 0 Å². The van der Waals surface area contributed by atoms with Crippen molar-refractivity contribution in [1.82, 2.24) is 10.2 Å². The van der Waals surface area contributed by atoms with Crippen molar-refractivity contribution in [2.45, 2.75) is 13.0 Å². The first-order valence-corrected chi connectivity index (χ1v) is 8.05. The van der Waals surface area contributed by atoms with Gasteiger partial charge in [-0.05, 0) is 23.3 Å². The number of fused-ring (bicyclic) bond motifs is 1. The van der Waals surface area contributed by atoms with Crippen molar-refractivity contribution in [1.29, 1.82) is 0 Å². The summed E-state index contributed by atoms with van der Waals surface area (Å²) in [6.45, 7) is 0.637. The van der Waals surface area contributed by atoms with Crippen LogP contribution >= 0.6 is 0 Å². The first-order valence-electron chi connectivity index (χ1n) is 8.05. The molecule has 2 amide bonds. The number of likely N-dealkylation sites (N-methyl/N-ethyl adjacent to an activating group) is 1. The number of carbonyl (C=O) groups excluding carboxylic acids is 2. The Bertz CT molecular complexity index is 761. The van der Waals surface area contributed by atoms with E-state index in [-0.39, 0.29) is 31.6 Å². The summed E-state index contributed by atoms with van der Waals surface area (Å²) in [6, 6.07) is 15.0. The predicted octanol–water partition coefficient (Wildman–Crippen LogP) is 1.73. The number of amides is 2. The SMILES string of the molecule is CN(Cc1ccc2c(c1)OCO2)C(=O)CNC(=O)Cc1ccccc1. The molecule has 0 fully saturated rings. The van der Waals surface area contributed by atoms with Crippen molar-refractivity contribution in [2.75, 3.05) is 20.4 Å². The summed E-state index contributed by atoms with van der Waals surface area (Å²) >= 11 is 0. The molecule has 0 unspecified atom stereocenters. The molecule has 1 N–H and O–H groups in total. The minimum absolute atomic E-state index is 0.0211. The number of hydrogen-bond acceptors (Lipinski definition) is 4. The highest BCUT2D eigenvalue weighted by molar-refractivity contribution is 5.85. The van der Waals surface area contributed by atoms with Gasteiger partial charge in [-0.25, -0.2) is 0 Å². The maximum Gasteiger partial charge on any atom is 0.242 e. The molecular weight excluding hydrogens is 320 g/mol. The largest absolute Gasteiger partial charge is 0.454 e. The minimum atomic E-state index is -0.170. The fourth-order valence-electron chi connectivity index (χ4n) is 2.55. The molecule has 130 valence electrons. The maximum atomic E-state index is 12.2. The zero-order valence-corrected chi connectivity index (χ0v) is 14.0. The van der Waals surface area contributed by atoms with Crippen LogP contribution in [0.1, 0.15) is 11.1 Å². The quantitative estimate of drug-likeness (QED) is 0.870. The first-order chi connectivity index (χ1) is 12.1. The molecule has 6 heteroatoms. The Hall–Kier alpha value is -3.02. The second-order valence-corrected chi connectivity index (χ2v) is 5.88. The summed E-state index contributed by atoms with van der Waals surface area (Å²) < 4.78 is 10.6. The molecule has 0 aliphatic carbocycles. The van der Waals surface area contributed by atoms with Crippen LogP contribution < -0.4 is 14.8 Å². The van der Waals surface area contributed by atoms with Gasteiger partial charge in [0.25, 0.3) is 0 Å². The highest BCUT2D eigenvalue weighted by Crippen LogP contribution is 2.32. The molecular formula is C19H20N2O4. The Morgan fingerprint density at radius 1 is 1.04 bits per heavy atom. The summed E-state index contributed by atoms with van der Waals surface area (Å²) in [6.07, 6.45) is 0.264. The van der Waals surface area contributed by atoms with Crippen LogP contribution in [0.5, 0.6) is 11.5 Å². The fourth-order valence-corrected chi connectivity index (χ4v) is 2.55. The predicted molar refractivity (Wildman–Crippen MR) is 92.2 cm³/mol. The molecule has 1 aliphatic rings. The van der Waals surface area contributed by atoms with Gasteiger partial charge < -0.3 is 19.7 Å². The summed E-state index contributed by atoms with van der Waals surface area (Å²) in [5, 5.41) is 2.66. The maximum absolute atomic E-state index is 12.2. The molecule has 0 bridgehead atoms. The first kappa shape index (κ1) is 16.8. The average molecular weight is 340 g/mol. The van der Waals surface area contributed by atoms with E-state index in [2.05, 4.69) is 5.32 Å². The second-order valence-electron chi connectivity index (χ2n) is 5.88. The van der Waals surface area contributed by atoms with E-state index in [9.17, 15) is 9.59 Å². The molecule has 1 heterocycles. The normalized spacial score (nSPS) is 11.9. The van der Waals surface area contributed by atoms with E-state index in [1.807, 2.05) is 48.5 Å². The lowest BCUT2D eigenvalue weighted by molar-refractivity contribution is -0.132. The molecule has 3 rings (SSSR count). The Labute approximate surface area is 146 Å². The van der Waals surface area contributed by atoms with Gasteiger partial charge in [-0.15, -0.1) is 0 Å². The molecule has 25 heavy (non-hydrogen) atoms. The molecule has 1 aliphatic heterocycles. The summed E-state index contributed by atoms with van der Waals surface area (Å²) in [5.74, 6) is 1.08. The van der Waals surface area contributed by atoms with Gasteiger partial charge in [0.05, 0.1) is 13.0 Å². The topological polar surface area (TPSA) is 67.9 Å². The van der Waals surface area contributed by atoms with Gasteiger partial charge in [-0.1, -0.05) is 36.4 Å². The Balaban J connectivity index is 1.47. The van der Waals surface area contributed by atoms with Crippen LogP contribution in [-0.2, 0) is 22.6 Å². The van der Waals surface area contributed by atoms with Gasteiger partial charge in [-0.3, -0.25) is 9.59 Å². The highest BCUT2D eigenvalue weighted by atomic mass is 16.7. The van der Waals surface area contributed by atoms with Crippen LogP contribution in [-0.4, -0.2) is 37.1 Å². The van der Waals surface area contributed by atoms with E-state index in [1.165, 1.54) is 0 Å². The van der Waals surface area contributed by atoms with E-state index in [4.69, 9.17) is 9.47 Å². The van der Waals surface area contributed by atoms with Gasteiger partial charge in [-0.2, -0.15) is 0 Å². The molecule has 0 radical (unpaired) electrons. The van der Waals surface area contributed by atoms with Gasteiger partial charge >= 0.3 is 0 Å². The number of nitrogens with one attached hydrogen (secondary N) is 1. The molecule has 0 saturated heterocycles. The van der Waals surface area contributed by atoms with E-state index in [0.29, 0.717) is 18.0 Å². The number of ether oxygens (including phenoxy) is 2. The van der Waals surface area contributed by atoms with Crippen molar-refractivity contribution >= 4 is 11.8 Å². The van der Waals surface area contributed by atoms with Crippen molar-refractivity contribution in [3.8, 4) is 11.5 Å². The summed E-state index contributed by atoms with van der Waals surface area (Å²) in [7, 11) is 1.70. The average Bonchev–Trinajstić information content (AvgIpc) is 3.08. The van der Waals surface area contributed by atoms with E-state index in [0.717, 1.165) is 11.1 Å². The number of rotatable bonds is 6. The van der Waals surface area contributed by atoms with E-state index in [1.54, 1.807) is 11.9 Å². The second kappa shape index (κ2) is 7.70. The highest BCUT2D eigenvalue weighted by Gasteiger charge is 2.16. The van der Waals surface area contributed by atoms with E-state index >= 15 is 0 Å². The Morgan fingerprint density at radius 3 is 2.60 bits per heavy atom. The Morgan fingerprint density at radius 2 is 1.80 bits per heavy atom. The lowest BCUT2D eigenvalue weighted by atomic mass is 10.1. The smallest absolute Gasteiger partial charge is 0.242 e. The summed E-state index contributed by atoms with van der Waals surface area (Å²) in [4.78, 5) is 25.7. The van der Waals surface area contributed by atoms with Gasteiger partial charge in [0.2, 0.25) is 18.6 Å². The molecule has 0 atom stereocenters. The van der Waals surface area contributed by atoms with Crippen LogP contribution in [0, 0.1) is 0 Å². The molecule has 0 aromatic heterocycles. The number of carbonyl (C=O) groups is 2. The van der Waals surface area contributed by atoms with Crippen LogP contribution in [0.4, 0.5) is 0 Å². The fraction of sp³-hybridized carbons (Fsp3) is 0.263. The summed E-state index contributed by atoms with van der Waals surface area (Å²) in [5.41, 5.74) is 1.86. The van der Waals surface area contributed by atoms with Crippen molar-refractivity contribution in [2.24, 2.45) is 0 Å². The van der Waals surface area contributed by atoms with Gasteiger partial charge in [0, 0.05) is 13.6 Å². The molecule has 6 nitrogen and oxygen atoms in total. The third-order valence-corrected chi connectivity index (χ3v) is 3.93. The van der Waals surface area contributed by atoms with Crippen molar-refractivity contribution in [3.05, 3.63) is 59.7 Å². The number of benzene rings is 2. The third-order valence-electron chi connectivity index (χ3n) is 3.93. The van der Waals surface area contributed by atoms with E-state index < -0.39 is 0 Å². The third kappa shape index (κ3) is 4.50. The molecule has 0 spiro atoms. The Kier molecular flexibility index (Phi) is 5.18. The lowest BCUT2D eigenvalue weighted by Crippen LogP contribution is -2.38. The van der Waals surface area contributed by atoms with Crippen LogP contribution in [0.2, 0.25) is 0 Å². The number of nitrogens with zero attached hydrogens (tertiary/aromatic N) is 1. The molecule has 2 aromatic rings. The van der Waals surface area contributed by atoms with Crippen LogP contribution in [0.15, 0.2) is 48.5 Å². The zero-order chi connectivity index (χ0) is 17.6. The molecule has 0 saturated carbocycles. The minimum Gasteiger partial charge on any atom is -0.454 e. The van der Waals surface area contributed by atoms with Crippen molar-refractivity contribution < 1.29 is 19.1 Å². The van der Waals surface area contributed by atoms with Crippen LogP contribution in [0.25, 0.3) is 0 Å². The number of hydrogen-bond donors (Lipinski definition) is 1. The zero-order valence-electron chi connectivity index (χ0n) is 14.0.